The van der Waals surface area contributed by atoms with Gasteiger partial charge in [-0.3, -0.25) is 0 Å². The Bertz CT molecular complexity index is 400. The van der Waals surface area contributed by atoms with Gasteiger partial charge < -0.3 is 20.1 Å². The first-order chi connectivity index (χ1) is 9.60. The maximum absolute atomic E-state index is 9.18. The molecule has 0 aliphatic rings. The van der Waals surface area contributed by atoms with Crippen LogP contribution in [0.25, 0.3) is 0 Å². The maximum atomic E-state index is 9.18. The van der Waals surface area contributed by atoms with E-state index in [1.165, 1.54) is 0 Å². The fourth-order valence-corrected chi connectivity index (χ4v) is 1.64. The molecule has 114 valence electrons. The third kappa shape index (κ3) is 5.16. The van der Waals surface area contributed by atoms with E-state index in [4.69, 9.17) is 4.74 Å². The van der Waals surface area contributed by atoms with Crippen molar-refractivity contribution in [3.8, 4) is 6.01 Å². The van der Waals surface area contributed by atoms with Crippen LogP contribution < -0.4 is 15.0 Å². The van der Waals surface area contributed by atoms with Crippen molar-refractivity contribution < 1.29 is 9.84 Å². The molecule has 0 saturated heterocycles. The lowest BCUT2D eigenvalue weighted by Crippen LogP contribution is -2.30. The molecule has 20 heavy (non-hydrogen) atoms. The summed E-state index contributed by atoms with van der Waals surface area (Å²) in [6, 6.07) is 0.300. The van der Waals surface area contributed by atoms with E-state index in [2.05, 4.69) is 27.2 Å². The Morgan fingerprint density at radius 1 is 1.25 bits per heavy atom. The first-order valence-electron chi connectivity index (χ1n) is 7.07. The fourth-order valence-electron chi connectivity index (χ4n) is 1.64. The van der Waals surface area contributed by atoms with Crippen molar-refractivity contribution in [3.05, 3.63) is 0 Å². The van der Waals surface area contributed by atoms with E-state index in [-0.39, 0.29) is 12.7 Å². The Hall–Kier alpha value is -1.63. The van der Waals surface area contributed by atoms with E-state index in [0.29, 0.717) is 24.5 Å². The van der Waals surface area contributed by atoms with E-state index < -0.39 is 0 Å². The molecule has 7 nitrogen and oxygen atoms in total. The first kappa shape index (κ1) is 16.4. The average molecular weight is 283 g/mol. The standard InChI is InChI=1S/C13H25N5O2/c1-5-6-7-18(8-9-19)12-15-11(14-4)16-13(17-12)20-10(2)3/h10,19H,5-9H2,1-4H3,(H,14,15,16,17). The normalized spacial score (nSPS) is 10.7. The number of aliphatic hydroxyl groups excluding tert-OH is 1. The lowest BCUT2D eigenvalue weighted by molar-refractivity contribution is 0.221. The van der Waals surface area contributed by atoms with Gasteiger partial charge in [-0.15, -0.1) is 0 Å². The Morgan fingerprint density at radius 3 is 2.55 bits per heavy atom. The van der Waals surface area contributed by atoms with Crippen LogP contribution in [-0.2, 0) is 0 Å². The van der Waals surface area contributed by atoms with E-state index in [0.717, 1.165) is 19.4 Å². The molecule has 7 heteroatoms. The van der Waals surface area contributed by atoms with Gasteiger partial charge >= 0.3 is 6.01 Å². The quantitative estimate of drug-likeness (QED) is 0.706. The average Bonchev–Trinajstić information content (AvgIpc) is 2.42. The van der Waals surface area contributed by atoms with Crippen molar-refractivity contribution in [3.63, 3.8) is 0 Å². The second-order valence-electron chi connectivity index (χ2n) is 4.72. The summed E-state index contributed by atoms with van der Waals surface area (Å²) < 4.78 is 5.54. The van der Waals surface area contributed by atoms with Crippen LogP contribution in [0.3, 0.4) is 0 Å². The van der Waals surface area contributed by atoms with Gasteiger partial charge in [-0.05, 0) is 20.3 Å². The molecule has 1 heterocycles. The van der Waals surface area contributed by atoms with Gasteiger partial charge in [0, 0.05) is 20.1 Å². The van der Waals surface area contributed by atoms with Crippen molar-refractivity contribution in [1.29, 1.82) is 0 Å². The topological polar surface area (TPSA) is 83.4 Å². The summed E-state index contributed by atoms with van der Waals surface area (Å²) in [6.07, 6.45) is 2.08. The highest BCUT2D eigenvalue weighted by molar-refractivity contribution is 5.38. The summed E-state index contributed by atoms with van der Waals surface area (Å²) in [5, 5.41) is 12.1. The number of aliphatic hydroxyl groups is 1. The number of rotatable bonds is 9. The molecule has 0 fully saturated rings. The van der Waals surface area contributed by atoms with E-state index in [9.17, 15) is 5.11 Å². The van der Waals surface area contributed by atoms with Crippen LogP contribution in [0.15, 0.2) is 0 Å². The number of hydrogen-bond donors (Lipinski definition) is 2. The molecule has 0 saturated carbocycles. The Kier molecular flexibility index (Phi) is 7.00. The third-order valence-corrected chi connectivity index (χ3v) is 2.60. The van der Waals surface area contributed by atoms with E-state index in [1.54, 1.807) is 7.05 Å². The zero-order valence-corrected chi connectivity index (χ0v) is 12.8. The van der Waals surface area contributed by atoms with E-state index >= 15 is 0 Å². The van der Waals surface area contributed by atoms with Gasteiger partial charge in [0.2, 0.25) is 11.9 Å². The van der Waals surface area contributed by atoms with Crippen molar-refractivity contribution >= 4 is 11.9 Å². The molecular formula is C13H25N5O2. The zero-order chi connectivity index (χ0) is 15.0. The summed E-state index contributed by atoms with van der Waals surface area (Å²) in [4.78, 5) is 14.8. The highest BCUT2D eigenvalue weighted by Crippen LogP contribution is 2.16. The van der Waals surface area contributed by atoms with Crippen molar-refractivity contribution in [2.24, 2.45) is 0 Å². The van der Waals surface area contributed by atoms with Gasteiger partial charge in [0.25, 0.3) is 0 Å². The summed E-state index contributed by atoms with van der Waals surface area (Å²) in [5.74, 6) is 0.993. The second-order valence-corrected chi connectivity index (χ2v) is 4.72. The van der Waals surface area contributed by atoms with Crippen molar-refractivity contribution in [1.82, 2.24) is 15.0 Å². The molecule has 0 atom stereocenters. The van der Waals surface area contributed by atoms with E-state index in [1.807, 2.05) is 18.7 Å². The summed E-state index contributed by atoms with van der Waals surface area (Å²) in [5.41, 5.74) is 0. The predicted octanol–water partition coefficient (Wildman–Crippen LogP) is 1.30. The highest BCUT2D eigenvalue weighted by Gasteiger charge is 2.14. The minimum absolute atomic E-state index is 0.00288. The number of unbranched alkanes of at least 4 members (excludes halogenated alkanes) is 1. The molecule has 0 aliphatic carbocycles. The number of hydrogen-bond acceptors (Lipinski definition) is 7. The van der Waals surface area contributed by atoms with Gasteiger partial charge in [0.05, 0.1) is 12.7 Å². The van der Waals surface area contributed by atoms with Crippen LogP contribution in [0.4, 0.5) is 11.9 Å². The lowest BCUT2D eigenvalue weighted by atomic mass is 10.3. The van der Waals surface area contributed by atoms with Crippen molar-refractivity contribution in [2.45, 2.75) is 39.7 Å². The van der Waals surface area contributed by atoms with Crippen LogP contribution in [0.5, 0.6) is 6.01 Å². The molecule has 1 rings (SSSR count). The van der Waals surface area contributed by atoms with Gasteiger partial charge in [-0.1, -0.05) is 13.3 Å². The minimum atomic E-state index is -0.00288. The number of anilines is 2. The van der Waals surface area contributed by atoms with Crippen LogP contribution in [0.1, 0.15) is 33.6 Å². The molecule has 0 unspecified atom stereocenters. The number of nitrogens with one attached hydrogen (secondary N) is 1. The lowest BCUT2D eigenvalue weighted by Gasteiger charge is -2.22. The molecule has 0 bridgehead atoms. The van der Waals surface area contributed by atoms with Crippen LogP contribution in [0.2, 0.25) is 0 Å². The molecule has 0 aliphatic heterocycles. The fraction of sp³-hybridized carbons (Fsp3) is 0.769. The maximum Gasteiger partial charge on any atom is 0.323 e. The first-order valence-corrected chi connectivity index (χ1v) is 7.07. The largest absolute Gasteiger partial charge is 0.461 e. The van der Waals surface area contributed by atoms with Gasteiger partial charge in [0.15, 0.2) is 0 Å². The Morgan fingerprint density at radius 2 is 2.00 bits per heavy atom. The molecule has 2 N–H and O–H groups in total. The molecule has 0 aromatic carbocycles. The molecule has 1 aromatic rings. The zero-order valence-electron chi connectivity index (χ0n) is 12.8. The summed E-state index contributed by atoms with van der Waals surface area (Å²) in [7, 11) is 1.75. The van der Waals surface area contributed by atoms with Crippen LogP contribution in [0, 0.1) is 0 Å². The van der Waals surface area contributed by atoms with Crippen molar-refractivity contribution in [2.75, 3.05) is 37.0 Å². The molecule has 1 aromatic heterocycles. The Balaban J connectivity index is 2.98. The van der Waals surface area contributed by atoms with Gasteiger partial charge in [0.1, 0.15) is 0 Å². The molecular weight excluding hydrogens is 258 g/mol. The van der Waals surface area contributed by atoms with Gasteiger partial charge in [-0.25, -0.2) is 0 Å². The van der Waals surface area contributed by atoms with Gasteiger partial charge in [-0.2, -0.15) is 15.0 Å². The predicted molar refractivity (Wildman–Crippen MR) is 79.3 cm³/mol. The molecule has 0 amide bonds. The SMILES string of the molecule is CCCCN(CCO)c1nc(NC)nc(OC(C)C)n1. The minimum Gasteiger partial charge on any atom is -0.461 e. The molecule has 0 radical (unpaired) electrons. The number of aromatic nitrogens is 3. The Labute approximate surface area is 120 Å². The second kappa shape index (κ2) is 8.52. The van der Waals surface area contributed by atoms with Crippen LogP contribution in [-0.4, -0.2) is 52.9 Å². The summed E-state index contributed by atoms with van der Waals surface area (Å²) in [6.45, 7) is 7.32. The number of nitrogens with zero attached hydrogens (tertiary/aromatic N) is 4. The number of ether oxygens (including phenoxy) is 1. The smallest absolute Gasteiger partial charge is 0.323 e. The molecule has 0 spiro atoms. The monoisotopic (exact) mass is 283 g/mol. The highest BCUT2D eigenvalue weighted by atomic mass is 16.5. The summed E-state index contributed by atoms with van der Waals surface area (Å²) >= 11 is 0. The third-order valence-electron chi connectivity index (χ3n) is 2.60. The van der Waals surface area contributed by atoms with Crippen LogP contribution >= 0.6 is 0 Å².